The molecule has 2 N–H and O–H groups in total. The molecule has 0 radical (unpaired) electrons. The first kappa shape index (κ1) is 22.7. The number of aromatic amines is 1. The number of aromatic nitrogens is 2. The van der Waals surface area contributed by atoms with Crippen molar-refractivity contribution in [1.29, 1.82) is 0 Å². The Morgan fingerprint density at radius 2 is 1.78 bits per heavy atom. The third-order valence-electron chi connectivity index (χ3n) is 6.12. The number of carbonyl (C=O) groups excluding carboxylic acids is 3. The minimum absolute atomic E-state index is 0.0316. The van der Waals surface area contributed by atoms with Crippen LogP contribution in [0.4, 0.5) is 11.5 Å². The van der Waals surface area contributed by atoms with Crippen molar-refractivity contribution in [2.24, 2.45) is 4.99 Å². The third kappa shape index (κ3) is 4.05. The number of benzene rings is 3. The molecule has 182 valence electrons. The molecule has 1 unspecified atom stereocenters. The predicted molar refractivity (Wildman–Crippen MR) is 137 cm³/mol. The van der Waals surface area contributed by atoms with Crippen molar-refractivity contribution in [1.82, 2.24) is 10.2 Å². The molecule has 6 rings (SSSR count). The topological polar surface area (TPSA) is 117 Å². The number of H-pyrrole nitrogens is 1. The molecule has 3 aromatic carbocycles. The molecule has 2 amide bonds. The highest BCUT2D eigenvalue weighted by Gasteiger charge is 2.33. The van der Waals surface area contributed by atoms with Crippen molar-refractivity contribution in [3.8, 4) is 0 Å². The highest BCUT2D eigenvalue weighted by molar-refractivity contribution is 6.35. The van der Waals surface area contributed by atoms with Gasteiger partial charge in [-0.05, 0) is 17.7 Å². The number of carbonyl (C=O) groups is 3. The summed E-state index contributed by atoms with van der Waals surface area (Å²) in [6.07, 6.45) is -1.45. The summed E-state index contributed by atoms with van der Waals surface area (Å²) in [5.41, 5.74) is 3.68. The summed E-state index contributed by atoms with van der Waals surface area (Å²) in [5.74, 6) is -1.52. The highest BCUT2D eigenvalue weighted by Crippen LogP contribution is 2.32. The van der Waals surface area contributed by atoms with Gasteiger partial charge in [-0.1, -0.05) is 72.3 Å². The van der Waals surface area contributed by atoms with Gasteiger partial charge in [0.05, 0.1) is 28.5 Å². The number of nitrogens with one attached hydrogen (secondary N) is 2. The number of hydrogen-bond acceptors (Lipinski definition) is 6. The Balaban J connectivity index is 1.27. The number of para-hydroxylation sites is 1. The second-order valence-corrected chi connectivity index (χ2v) is 8.85. The molecule has 0 saturated carbocycles. The van der Waals surface area contributed by atoms with Gasteiger partial charge in [0, 0.05) is 17.2 Å². The van der Waals surface area contributed by atoms with Crippen LogP contribution in [0.15, 0.2) is 83.9 Å². The lowest BCUT2D eigenvalue weighted by Crippen LogP contribution is -2.30. The monoisotopic (exact) mass is 511 g/mol. The fourth-order valence-electron chi connectivity index (χ4n) is 4.37. The van der Waals surface area contributed by atoms with Crippen LogP contribution in [-0.2, 0) is 16.1 Å². The molecule has 2 aliphatic heterocycles. The van der Waals surface area contributed by atoms with Crippen LogP contribution in [0.25, 0.3) is 0 Å². The molecule has 9 nitrogen and oxygen atoms in total. The zero-order chi connectivity index (χ0) is 25.5. The number of ether oxygens (including phenoxy) is 1. The maximum Gasteiger partial charge on any atom is 0.358 e. The van der Waals surface area contributed by atoms with Crippen molar-refractivity contribution in [3.05, 3.63) is 112 Å². The Morgan fingerprint density at radius 1 is 1.00 bits per heavy atom. The predicted octanol–water partition coefficient (Wildman–Crippen LogP) is 4.20. The van der Waals surface area contributed by atoms with E-state index in [1.165, 1.54) is 11.0 Å². The van der Waals surface area contributed by atoms with Gasteiger partial charge in [-0.3, -0.25) is 19.6 Å². The SMILES string of the molecule is O=C(OC1N=C(c2ccccc2)c2ccccc2NC1=O)c1cc(N2Cc3cccc(Cl)c3C2=O)n[nH]1. The van der Waals surface area contributed by atoms with E-state index in [0.29, 0.717) is 27.5 Å². The van der Waals surface area contributed by atoms with E-state index in [1.54, 1.807) is 24.3 Å². The maximum atomic E-state index is 13.0. The molecule has 1 atom stereocenters. The van der Waals surface area contributed by atoms with Crippen LogP contribution in [0.2, 0.25) is 5.02 Å². The summed E-state index contributed by atoms with van der Waals surface area (Å²) in [4.78, 5) is 44.7. The van der Waals surface area contributed by atoms with E-state index in [0.717, 1.165) is 11.1 Å². The van der Waals surface area contributed by atoms with E-state index in [4.69, 9.17) is 16.3 Å². The Labute approximate surface area is 215 Å². The number of rotatable bonds is 4. The molecule has 0 fully saturated rings. The summed E-state index contributed by atoms with van der Waals surface area (Å²) in [7, 11) is 0. The van der Waals surface area contributed by atoms with E-state index in [-0.39, 0.29) is 24.0 Å². The number of benzodiazepines with no additional fused rings is 1. The molecular formula is C27H18ClN5O4. The van der Waals surface area contributed by atoms with Crippen LogP contribution in [-0.4, -0.2) is 39.9 Å². The lowest BCUT2D eigenvalue weighted by molar-refractivity contribution is -0.124. The average molecular weight is 512 g/mol. The molecule has 3 heterocycles. The number of aliphatic imine (C=N–C) groups is 1. The van der Waals surface area contributed by atoms with Crippen LogP contribution < -0.4 is 10.2 Å². The van der Waals surface area contributed by atoms with Crippen molar-refractivity contribution >= 4 is 46.6 Å². The summed E-state index contributed by atoms with van der Waals surface area (Å²) in [6, 6.07) is 23.2. The van der Waals surface area contributed by atoms with Gasteiger partial charge in [0.1, 0.15) is 5.69 Å². The molecule has 0 aliphatic carbocycles. The fraction of sp³-hybridized carbons (Fsp3) is 0.0741. The fourth-order valence-corrected chi connectivity index (χ4v) is 4.64. The van der Waals surface area contributed by atoms with E-state index >= 15 is 0 Å². The standard InChI is InChI=1S/C27H18ClN5O4/c28-18-11-6-9-16-14-33(26(35)22(16)18)21-13-20(31-32-21)27(36)37-25-24(34)29-19-12-5-4-10-17(19)23(30-25)15-7-2-1-3-8-15/h1-13,25H,14H2,(H,29,34)(H,31,32). The van der Waals surface area contributed by atoms with E-state index in [9.17, 15) is 14.4 Å². The molecule has 1 aromatic heterocycles. The Kier molecular flexibility index (Phi) is 5.54. The van der Waals surface area contributed by atoms with Crippen LogP contribution in [0, 0.1) is 0 Å². The molecule has 0 saturated heterocycles. The van der Waals surface area contributed by atoms with Gasteiger partial charge >= 0.3 is 5.97 Å². The Hall–Kier alpha value is -4.76. The van der Waals surface area contributed by atoms with Gasteiger partial charge in [0.15, 0.2) is 5.82 Å². The van der Waals surface area contributed by atoms with Crippen molar-refractivity contribution in [2.45, 2.75) is 12.8 Å². The highest BCUT2D eigenvalue weighted by atomic mass is 35.5. The summed E-state index contributed by atoms with van der Waals surface area (Å²) < 4.78 is 5.50. The molecule has 10 heteroatoms. The molecular weight excluding hydrogens is 494 g/mol. The minimum atomic E-state index is -1.45. The molecule has 37 heavy (non-hydrogen) atoms. The van der Waals surface area contributed by atoms with Crippen LogP contribution in [0.5, 0.6) is 0 Å². The number of fused-ring (bicyclic) bond motifs is 2. The van der Waals surface area contributed by atoms with Gasteiger partial charge in [-0.2, -0.15) is 5.10 Å². The lowest BCUT2D eigenvalue weighted by Gasteiger charge is -2.12. The van der Waals surface area contributed by atoms with Gasteiger partial charge in [-0.15, -0.1) is 0 Å². The van der Waals surface area contributed by atoms with Gasteiger partial charge < -0.3 is 10.1 Å². The van der Waals surface area contributed by atoms with E-state index in [2.05, 4.69) is 20.5 Å². The van der Waals surface area contributed by atoms with E-state index < -0.39 is 18.1 Å². The first-order valence-corrected chi connectivity index (χ1v) is 11.8. The summed E-state index contributed by atoms with van der Waals surface area (Å²) in [6.45, 7) is 0.266. The number of amides is 2. The Bertz CT molecular complexity index is 1600. The number of hydrogen-bond donors (Lipinski definition) is 2. The largest absolute Gasteiger partial charge is 0.425 e. The van der Waals surface area contributed by atoms with Crippen molar-refractivity contribution < 1.29 is 19.1 Å². The maximum absolute atomic E-state index is 13.0. The normalized spacial score (nSPS) is 16.4. The second-order valence-electron chi connectivity index (χ2n) is 8.44. The summed E-state index contributed by atoms with van der Waals surface area (Å²) in [5, 5.41) is 9.83. The van der Waals surface area contributed by atoms with Gasteiger partial charge in [0.25, 0.3) is 18.0 Å². The second kappa shape index (κ2) is 9.03. The lowest BCUT2D eigenvalue weighted by atomic mass is 10.0. The number of nitrogens with zero attached hydrogens (tertiary/aromatic N) is 3. The molecule has 0 bridgehead atoms. The van der Waals surface area contributed by atoms with Gasteiger partial charge in [0.2, 0.25) is 0 Å². The summed E-state index contributed by atoms with van der Waals surface area (Å²) >= 11 is 6.20. The average Bonchev–Trinajstić information content (AvgIpc) is 3.49. The first-order chi connectivity index (χ1) is 18.0. The smallest absolute Gasteiger partial charge is 0.358 e. The minimum Gasteiger partial charge on any atom is -0.425 e. The number of esters is 1. The quantitative estimate of drug-likeness (QED) is 0.398. The molecule has 4 aromatic rings. The number of halogens is 1. The first-order valence-electron chi connectivity index (χ1n) is 11.4. The Morgan fingerprint density at radius 3 is 2.59 bits per heavy atom. The van der Waals surface area contributed by atoms with Crippen molar-refractivity contribution in [2.75, 3.05) is 10.2 Å². The van der Waals surface area contributed by atoms with Crippen LogP contribution in [0.3, 0.4) is 0 Å². The van der Waals surface area contributed by atoms with E-state index in [1.807, 2.05) is 48.5 Å². The van der Waals surface area contributed by atoms with Crippen LogP contribution >= 0.6 is 11.6 Å². The van der Waals surface area contributed by atoms with Gasteiger partial charge in [-0.25, -0.2) is 9.79 Å². The zero-order valence-electron chi connectivity index (χ0n) is 19.1. The zero-order valence-corrected chi connectivity index (χ0v) is 19.9. The van der Waals surface area contributed by atoms with Crippen LogP contribution in [0.1, 0.15) is 37.5 Å². The third-order valence-corrected chi connectivity index (χ3v) is 6.44. The number of anilines is 2. The molecule has 2 aliphatic rings. The van der Waals surface area contributed by atoms with Crippen molar-refractivity contribution in [3.63, 3.8) is 0 Å². The molecule has 0 spiro atoms.